The molecule has 226 valence electrons. The van der Waals surface area contributed by atoms with Crippen molar-refractivity contribution in [2.75, 3.05) is 0 Å². The summed E-state index contributed by atoms with van der Waals surface area (Å²) in [5.74, 6) is 0.940. The topological polar surface area (TPSA) is 0 Å². The average Bonchev–Trinajstić information content (AvgIpc) is 2.88. The molecule has 0 saturated heterocycles. The van der Waals surface area contributed by atoms with Crippen molar-refractivity contribution in [1.82, 2.24) is 0 Å². The van der Waals surface area contributed by atoms with E-state index in [1.165, 1.54) is 186 Å². The van der Waals surface area contributed by atoms with Crippen LogP contribution in [-0.2, 0) is 0 Å². The summed E-state index contributed by atoms with van der Waals surface area (Å²) in [6.07, 6.45) is 42.1. The van der Waals surface area contributed by atoms with Gasteiger partial charge in [0, 0.05) is 0 Å². The van der Waals surface area contributed by atoms with Gasteiger partial charge in [0.2, 0.25) is 0 Å². The van der Waals surface area contributed by atoms with E-state index in [0.29, 0.717) is 5.16 Å². The van der Waals surface area contributed by atoms with Gasteiger partial charge in [-0.3, -0.25) is 0 Å². The van der Waals surface area contributed by atoms with Gasteiger partial charge in [0.25, 0.3) is 0 Å². The molecule has 0 saturated carbocycles. The standard InChI is InChI=1S/C35H73P.BrH/c1-5-9-13-17-21-23-27-31-34(30-26-22-18-14-10-6-2)35(36,32-28-24-19-15-11-7-3)33-29-25-20-16-12-8-4;/h34H,5-33,36H2,1-4H3;1H. The third-order valence-electron chi connectivity index (χ3n) is 8.87. The van der Waals surface area contributed by atoms with Crippen LogP contribution < -0.4 is 0 Å². The molecule has 0 rings (SSSR count). The van der Waals surface area contributed by atoms with Crippen LogP contribution in [0.1, 0.15) is 214 Å². The number of hydrogen-bond acceptors (Lipinski definition) is 0. The minimum atomic E-state index is 0. The molecule has 2 atom stereocenters. The van der Waals surface area contributed by atoms with Crippen LogP contribution in [-0.4, -0.2) is 5.16 Å². The molecule has 0 nitrogen and oxygen atoms in total. The molecule has 0 spiro atoms. The van der Waals surface area contributed by atoms with Crippen molar-refractivity contribution in [2.45, 2.75) is 219 Å². The first-order valence-electron chi connectivity index (χ1n) is 17.4. The predicted molar refractivity (Wildman–Crippen MR) is 183 cm³/mol. The third-order valence-corrected chi connectivity index (χ3v) is 9.92. The third kappa shape index (κ3) is 25.6. The Morgan fingerprint density at radius 1 is 0.378 bits per heavy atom. The zero-order chi connectivity index (χ0) is 26.6. The summed E-state index contributed by atoms with van der Waals surface area (Å²) in [4.78, 5) is 0. The van der Waals surface area contributed by atoms with Crippen LogP contribution in [0.4, 0.5) is 0 Å². The summed E-state index contributed by atoms with van der Waals surface area (Å²) in [6.45, 7) is 9.35. The van der Waals surface area contributed by atoms with Crippen molar-refractivity contribution >= 4 is 26.2 Å². The fraction of sp³-hybridized carbons (Fsp3) is 1.00. The molecule has 2 unspecified atom stereocenters. The van der Waals surface area contributed by atoms with E-state index >= 15 is 0 Å². The highest BCUT2D eigenvalue weighted by Crippen LogP contribution is 2.44. The van der Waals surface area contributed by atoms with Gasteiger partial charge >= 0.3 is 0 Å². The maximum absolute atomic E-state index is 3.53. The van der Waals surface area contributed by atoms with Gasteiger partial charge in [-0.15, -0.1) is 26.2 Å². The van der Waals surface area contributed by atoms with Gasteiger partial charge in [-0.2, -0.15) is 0 Å². The molecule has 0 fully saturated rings. The summed E-state index contributed by atoms with van der Waals surface area (Å²) in [5.41, 5.74) is 0. The van der Waals surface area contributed by atoms with E-state index in [1.807, 2.05) is 0 Å². The van der Waals surface area contributed by atoms with Crippen LogP contribution in [0.25, 0.3) is 0 Å². The lowest BCUT2D eigenvalue weighted by Crippen LogP contribution is -2.32. The molecular formula is C35H74BrP. The Labute approximate surface area is 250 Å². The van der Waals surface area contributed by atoms with Gasteiger partial charge in [-0.1, -0.05) is 188 Å². The second kappa shape index (κ2) is 31.4. The number of unbranched alkanes of at least 4 members (excludes halogenated alkanes) is 21. The smallest absolute Gasteiger partial charge is 0.0122 e. The molecule has 0 aromatic carbocycles. The lowest BCUT2D eigenvalue weighted by molar-refractivity contribution is 0.269. The Hall–Kier alpha value is 0.910. The van der Waals surface area contributed by atoms with Crippen molar-refractivity contribution in [3.8, 4) is 0 Å². The fourth-order valence-corrected chi connectivity index (χ4v) is 6.98. The average molecular weight is 606 g/mol. The Bertz CT molecular complexity index is 394. The van der Waals surface area contributed by atoms with Gasteiger partial charge in [-0.05, 0) is 36.8 Å². The van der Waals surface area contributed by atoms with E-state index in [-0.39, 0.29) is 17.0 Å². The number of halogens is 1. The molecule has 2 heteroatoms. The molecule has 0 bridgehead atoms. The second-order valence-corrected chi connectivity index (χ2v) is 13.6. The van der Waals surface area contributed by atoms with Crippen molar-refractivity contribution in [3.63, 3.8) is 0 Å². The van der Waals surface area contributed by atoms with Gasteiger partial charge in [0.15, 0.2) is 0 Å². The van der Waals surface area contributed by atoms with Crippen LogP contribution in [0.3, 0.4) is 0 Å². The summed E-state index contributed by atoms with van der Waals surface area (Å²) in [7, 11) is 3.53. The molecule has 37 heavy (non-hydrogen) atoms. The first-order valence-corrected chi connectivity index (χ1v) is 18.0. The van der Waals surface area contributed by atoms with Crippen molar-refractivity contribution in [1.29, 1.82) is 0 Å². The molecule has 0 aliphatic rings. The predicted octanol–water partition coefficient (Wildman–Crippen LogP) is 14.2. The highest BCUT2D eigenvalue weighted by Gasteiger charge is 2.32. The Morgan fingerprint density at radius 3 is 0.919 bits per heavy atom. The molecule has 0 radical (unpaired) electrons. The lowest BCUT2D eigenvalue weighted by atomic mass is 9.77. The molecule has 0 aromatic rings. The van der Waals surface area contributed by atoms with E-state index in [0.717, 1.165) is 5.92 Å². The first-order chi connectivity index (χ1) is 17.6. The highest BCUT2D eigenvalue weighted by atomic mass is 79.9. The van der Waals surface area contributed by atoms with E-state index in [1.54, 1.807) is 0 Å². The molecule has 0 aromatic heterocycles. The van der Waals surface area contributed by atoms with Crippen LogP contribution >= 0.6 is 26.2 Å². The fourth-order valence-electron chi connectivity index (χ4n) is 6.24. The summed E-state index contributed by atoms with van der Waals surface area (Å²) >= 11 is 0. The van der Waals surface area contributed by atoms with Gasteiger partial charge in [-0.25, -0.2) is 0 Å². The molecule has 0 amide bonds. The summed E-state index contributed by atoms with van der Waals surface area (Å²) in [5, 5.41) is 0.515. The van der Waals surface area contributed by atoms with E-state index in [4.69, 9.17) is 0 Å². The van der Waals surface area contributed by atoms with Crippen LogP contribution in [0.5, 0.6) is 0 Å². The molecule has 0 aliphatic heterocycles. The zero-order valence-electron chi connectivity index (χ0n) is 26.6. The first kappa shape index (κ1) is 40.1. The quantitative estimate of drug-likeness (QED) is 0.0564. The van der Waals surface area contributed by atoms with Crippen LogP contribution in [0, 0.1) is 5.92 Å². The van der Waals surface area contributed by atoms with Gasteiger partial charge in [0.1, 0.15) is 0 Å². The van der Waals surface area contributed by atoms with Gasteiger partial charge in [0.05, 0.1) is 0 Å². The Morgan fingerprint density at radius 2 is 0.622 bits per heavy atom. The lowest BCUT2D eigenvalue weighted by Gasteiger charge is -2.39. The number of hydrogen-bond donors (Lipinski definition) is 0. The SMILES string of the molecule is Br.CCCCCCCCCC(CCCCCCCC)C(P)(CCCCCCCC)CCCCCCCC. The number of rotatable bonds is 30. The molecule has 0 heterocycles. The van der Waals surface area contributed by atoms with Crippen molar-refractivity contribution < 1.29 is 0 Å². The molecule has 0 N–H and O–H groups in total. The summed E-state index contributed by atoms with van der Waals surface area (Å²) < 4.78 is 0. The Kier molecular flexibility index (Phi) is 34.0. The summed E-state index contributed by atoms with van der Waals surface area (Å²) in [6, 6.07) is 0. The zero-order valence-corrected chi connectivity index (χ0v) is 29.4. The molecule has 0 aliphatic carbocycles. The maximum atomic E-state index is 3.53. The highest BCUT2D eigenvalue weighted by molar-refractivity contribution is 8.93. The normalized spacial score (nSPS) is 12.6. The largest absolute Gasteiger partial charge is 0.131 e. The van der Waals surface area contributed by atoms with E-state index < -0.39 is 0 Å². The van der Waals surface area contributed by atoms with Crippen molar-refractivity contribution in [2.24, 2.45) is 5.92 Å². The maximum Gasteiger partial charge on any atom is -0.0122 e. The van der Waals surface area contributed by atoms with Crippen LogP contribution in [0.2, 0.25) is 0 Å². The van der Waals surface area contributed by atoms with E-state index in [9.17, 15) is 0 Å². The minimum absolute atomic E-state index is 0. The monoisotopic (exact) mass is 604 g/mol. The molecular weight excluding hydrogens is 531 g/mol. The van der Waals surface area contributed by atoms with Crippen LogP contribution in [0.15, 0.2) is 0 Å². The Balaban J connectivity index is 0. The van der Waals surface area contributed by atoms with Gasteiger partial charge < -0.3 is 0 Å². The second-order valence-electron chi connectivity index (χ2n) is 12.4. The van der Waals surface area contributed by atoms with Crippen molar-refractivity contribution in [3.05, 3.63) is 0 Å². The minimum Gasteiger partial charge on any atom is -0.131 e. The van der Waals surface area contributed by atoms with E-state index in [2.05, 4.69) is 36.9 Å².